The number of hydrogen-bond donors (Lipinski definition) is 1. The summed E-state index contributed by atoms with van der Waals surface area (Å²) >= 11 is 0. The van der Waals surface area contributed by atoms with Crippen LogP contribution in [-0.2, 0) is 6.18 Å². The molecule has 26 heavy (non-hydrogen) atoms. The van der Waals surface area contributed by atoms with E-state index in [2.05, 4.69) is 15.4 Å². The third-order valence-corrected chi connectivity index (χ3v) is 3.39. The van der Waals surface area contributed by atoms with Crippen LogP contribution in [0.5, 0.6) is 0 Å². The molecule has 2 amide bonds. The second-order valence-electron chi connectivity index (χ2n) is 5.29. The lowest BCUT2D eigenvalue weighted by molar-refractivity contribution is -0.137. The number of aromatic nitrogens is 2. The van der Waals surface area contributed by atoms with Gasteiger partial charge in [0.2, 0.25) is 0 Å². The minimum Gasteiger partial charge on any atom is -0.306 e. The Morgan fingerprint density at radius 3 is 2.46 bits per heavy atom. The number of urea groups is 1. The Bertz CT molecular complexity index is 961. The monoisotopic (exact) mass is 358 g/mol. The molecule has 132 valence electrons. The highest BCUT2D eigenvalue weighted by Gasteiger charge is 2.30. The van der Waals surface area contributed by atoms with Gasteiger partial charge in [-0.2, -0.15) is 23.3 Å². The Kier molecular flexibility index (Phi) is 4.83. The first kappa shape index (κ1) is 17.4. The fraction of sp³-hybridized carbons (Fsp3) is 0.0556. The van der Waals surface area contributed by atoms with Crippen LogP contribution < -0.4 is 10.7 Å². The molecule has 0 atom stereocenters. The van der Waals surface area contributed by atoms with Crippen LogP contribution in [0.25, 0.3) is 5.69 Å². The molecule has 1 N–H and O–H groups in total. The van der Waals surface area contributed by atoms with Gasteiger partial charge in [-0.3, -0.25) is 0 Å². The molecular weight excluding hydrogens is 345 g/mol. The molecule has 0 saturated carbocycles. The number of halogens is 3. The molecule has 0 spiro atoms. The van der Waals surface area contributed by atoms with Crippen molar-refractivity contribution in [3.63, 3.8) is 0 Å². The number of alkyl halides is 3. The van der Waals surface area contributed by atoms with Gasteiger partial charge in [-0.15, -0.1) is 0 Å². The minimum absolute atomic E-state index is 0.0109. The van der Waals surface area contributed by atoms with Crippen molar-refractivity contribution in [2.45, 2.75) is 6.18 Å². The minimum atomic E-state index is -4.48. The second-order valence-corrected chi connectivity index (χ2v) is 5.29. The predicted molar refractivity (Wildman–Crippen MR) is 89.6 cm³/mol. The number of rotatable bonds is 2. The maximum absolute atomic E-state index is 12.7. The van der Waals surface area contributed by atoms with Crippen molar-refractivity contribution < 1.29 is 18.0 Å². The summed E-state index contributed by atoms with van der Waals surface area (Å²) in [7, 11) is 0. The van der Waals surface area contributed by atoms with Gasteiger partial charge < -0.3 is 5.32 Å². The Hall–Kier alpha value is -3.42. The van der Waals surface area contributed by atoms with Crippen molar-refractivity contribution in [3.05, 3.63) is 84.0 Å². The summed E-state index contributed by atoms with van der Waals surface area (Å²) in [5.74, 6) is 0. The third kappa shape index (κ3) is 4.35. The molecule has 0 unspecified atom stereocenters. The van der Waals surface area contributed by atoms with E-state index in [0.717, 1.165) is 17.8 Å². The van der Waals surface area contributed by atoms with Crippen LogP contribution in [0.15, 0.2) is 78.0 Å². The first-order valence-corrected chi connectivity index (χ1v) is 7.55. The van der Waals surface area contributed by atoms with Gasteiger partial charge in [0.25, 0.3) is 0 Å². The number of nitrogens with one attached hydrogen (secondary N) is 1. The van der Waals surface area contributed by atoms with E-state index in [1.807, 2.05) is 30.3 Å². The average Bonchev–Trinajstić information content (AvgIpc) is 2.62. The lowest BCUT2D eigenvalue weighted by atomic mass is 10.2. The summed E-state index contributed by atoms with van der Waals surface area (Å²) in [4.78, 5) is 15.7. The topological polar surface area (TPSA) is 59.3 Å². The van der Waals surface area contributed by atoms with Gasteiger partial charge in [-0.25, -0.2) is 9.48 Å². The Balaban J connectivity index is 1.75. The molecule has 0 radical (unpaired) electrons. The van der Waals surface area contributed by atoms with E-state index in [1.165, 1.54) is 18.3 Å². The number of nitrogens with zero attached hydrogens (tertiary/aromatic N) is 3. The largest absolute Gasteiger partial charge is 0.416 e. The van der Waals surface area contributed by atoms with E-state index < -0.39 is 17.8 Å². The number of amides is 2. The van der Waals surface area contributed by atoms with Crippen molar-refractivity contribution in [1.29, 1.82) is 0 Å². The quantitative estimate of drug-likeness (QED) is 0.752. The highest BCUT2D eigenvalue weighted by Crippen LogP contribution is 2.30. The molecule has 1 heterocycles. The Morgan fingerprint density at radius 1 is 1.04 bits per heavy atom. The maximum Gasteiger partial charge on any atom is 0.416 e. The molecule has 1 aromatic heterocycles. The standard InChI is InChI=1S/C18H13F3N4O/c19-18(20,21)13-5-4-6-14(11-13)23-17(26)24-15-9-10-25(22-12-15)16-7-2-1-3-8-16/h1-12H,(H,23,26)/b24-15-. The summed E-state index contributed by atoms with van der Waals surface area (Å²) in [6, 6.07) is 14.5. The zero-order valence-corrected chi connectivity index (χ0v) is 13.3. The summed E-state index contributed by atoms with van der Waals surface area (Å²) in [5.41, 5.74) is 0.00450. The fourth-order valence-corrected chi connectivity index (χ4v) is 2.19. The SMILES string of the molecule is O=C(/N=c1/ccn(-c2ccccc2)nc1)Nc1cccc(C(F)(F)F)c1. The van der Waals surface area contributed by atoms with Crippen LogP contribution in [0.1, 0.15) is 5.56 Å². The first-order valence-electron chi connectivity index (χ1n) is 7.55. The zero-order chi connectivity index (χ0) is 18.6. The molecule has 8 heteroatoms. The van der Waals surface area contributed by atoms with Crippen LogP contribution in [0.4, 0.5) is 23.7 Å². The number of hydrogen-bond acceptors (Lipinski definition) is 2. The van der Waals surface area contributed by atoms with Crippen LogP contribution in [-0.4, -0.2) is 15.8 Å². The first-order chi connectivity index (χ1) is 12.4. The Labute approximate surface area is 146 Å². The fourth-order valence-electron chi connectivity index (χ4n) is 2.19. The molecule has 5 nitrogen and oxygen atoms in total. The molecule has 3 aromatic rings. The number of carbonyl (C=O) groups is 1. The van der Waals surface area contributed by atoms with Crippen molar-refractivity contribution in [1.82, 2.24) is 9.78 Å². The normalized spacial score (nSPS) is 12.0. The van der Waals surface area contributed by atoms with Crippen LogP contribution in [0.2, 0.25) is 0 Å². The van der Waals surface area contributed by atoms with E-state index in [4.69, 9.17) is 0 Å². The van der Waals surface area contributed by atoms with Crippen LogP contribution in [0, 0.1) is 0 Å². The zero-order valence-electron chi connectivity index (χ0n) is 13.3. The maximum atomic E-state index is 12.7. The highest BCUT2D eigenvalue weighted by molar-refractivity contribution is 5.90. The van der Waals surface area contributed by atoms with E-state index in [1.54, 1.807) is 16.9 Å². The summed E-state index contributed by atoms with van der Waals surface area (Å²) in [6.07, 6.45) is -1.46. The van der Waals surface area contributed by atoms with E-state index >= 15 is 0 Å². The molecular formula is C18H13F3N4O. The lowest BCUT2D eigenvalue weighted by Gasteiger charge is -2.08. The van der Waals surface area contributed by atoms with Gasteiger partial charge in [-0.05, 0) is 36.4 Å². The van der Waals surface area contributed by atoms with E-state index in [9.17, 15) is 18.0 Å². The average molecular weight is 358 g/mol. The molecule has 0 aliphatic rings. The number of anilines is 1. The molecule has 0 fully saturated rings. The van der Waals surface area contributed by atoms with Crippen LogP contribution >= 0.6 is 0 Å². The van der Waals surface area contributed by atoms with Gasteiger partial charge in [0.15, 0.2) is 0 Å². The van der Waals surface area contributed by atoms with Crippen molar-refractivity contribution in [3.8, 4) is 5.69 Å². The summed E-state index contributed by atoms with van der Waals surface area (Å²) < 4.78 is 39.7. The predicted octanol–water partition coefficient (Wildman–Crippen LogP) is 4.02. The number of para-hydroxylation sites is 1. The van der Waals surface area contributed by atoms with Crippen LogP contribution in [0.3, 0.4) is 0 Å². The van der Waals surface area contributed by atoms with E-state index in [0.29, 0.717) is 0 Å². The summed E-state index contributed by atoms with van der Waals surface area (Å²) in [5, 5.41) is 6.74. The Morgan fingerprint density at radius 2 is 1.81 bits per heavy atom. The van der Waals surface area contributed by atoms with Crippen molar-refractivity contribution in [2.75, 3.05) is 5.32 Å². The van der Waals surface area contributed by atoms with Gasteiger partial charge >= 0.3 is 12.2 Å². The third-order valence-electron chi connectivity index (χ3n) is 3.39. The smallest absolute Gasteiger partial charge is 0.306 e. The van der Waals surface area contributed by atoms with Gasteiger partial charge in [0.1, 0.15) is 0 Å². The lowest BCUT2D eigenvalue weighted by Crippen LogP contribution is -2.15. The molecule has 0 aliphatic heterocycles. The van der Waals surface area contributed by atoms with Crippen molar-refractivity contribution >= 4 is 11.7 Å². The highest BCUT2D eigenvalue weighted by atomic mass is 19.4. The molecule has 0 bridgehead atoms. The molecule has 2 aromatic carbocycles. The summed E-state index contributed by atoms with van der Waals surface area (Å²) in [6.45, 7) is 0. The molecule has 3 rings (SSSR count). The number of carbonyl (C=O) groups excluding carboxylic acids is 1. The second kappa shape index (κ2) is 7.22. The molecule has 0 saturated heterocycles. The van der Waals surface area contributed by atoms with Gasteiger partial charge in [0.05, 0.1) is 22.8 Å². The molecule has 0 aliphatic carbocycles. The van der Waals surface area contributed by atoms with Gasteiger partial charge in [-0.1, -0.05) is 24.3 Å². The van der Waals surface area contributed by atoms with Crippen molar-refractivity contribution in [2.24, 2.45) is 4.99 Å². The van der Waals surface area contributed by atoms with Gasteiger partial charge in [0, 0.05) is 11.9 Å². The van der Waals surface area contributed by atoms with E-state index in [-0.39, 0.29) is 11.0 Å². The number of benzene rings is 2.